The van der Waals surface area contributed by atoms with Crippen LogP contribution in [0, 0.1) is 5.92 Å². The first kappa shape index (κ1) is 17.0. The molecule has 1 amide bonds. The number of nitrogens with one attached hydrogen (secondary N) is 2. The fourth-order valence-electron chi connectivity index (χ4n) is 1.66. The molecule has 1 aromatic rings. The van der Waals surface area contributed by atoms with E-state index in [0.29, 0.717) is 18.9 Å². The number of hydrogen-bond donors (Lipinski definition) is 2. The van der Waals surface area contributed by atoms with Gasteiger partial charge in [-0.15, -0.1) is 0 Å². The van der Waals surface area contributed by atoms with E-state index in [2.05, 4.69) is 40.4 Å². The van der Waals surface area contributed by atoms with Crippen LogP contribution < -0.4 is 15.4 Å². The summed E-state index contributed by atoms with van der Waals surface area (Å²) in [6.07, 6.45) is 0.362. The summed E-state index contributed by atoms with van der Waals surface area (Å²) in [5, 5.41) is 5.97. The zero-order chi connectivity index (χ0) is 15.0. The van der Waals surface area contributed by atoms with E-state index in [1.54, 1.807) is 7.05 Å². The van der Waals surface area contributed by atoms with E-state index in [0.717, 1.165) is 23.3 Å². The van der Waals surface area contributed by atoms with E-state index in [1.165, 1.54) is 5.56 Å². The highest BCUT2D eigenvalue weighted by atomic mass is 79.9. The number of carbonyl (C=O) groups is 1. The number of amides is 1. The van der Waals surface area contributed by atoms with Crippen molar-refractivity contribution < 1.29 is 9.53 Å². The monoisotopic (exact) mass is 342 g/mol. The molecule has 112 valence electrons. The van der Waals surface area contributed by atoms with Gasteiger partial charge in [0.15, 0.2) is 0 Å². The van der Waals surface area contributed by atoms with Crippen LogP contribution in [0.4, 0.5) is 0 Å². The van der Waals surface area contributed by atoms with Crippen LogP contribution in [0.5, 0.6) is 5.75 Å². The third-order valence-electron chi connectivity index (χ3n) is 2.74. The summed E-state index contributed by atoms with van der Waals surface area (Å²) < 4.78 is 6.49. The van der Waals surface area contributed by atoms with Gasteiger partial charge < -0.3 is 15.4 Å². The van der Waals surface area contributed by atoms with Gasteiger partial charge in [0.1, 0.15) is 5.75 Å². The minimum Gasteiger partial charge on any atom is -0.492 e. The number of benzene rings is 1. The van der Waals surface area contributed by atoms with Gasteiger partial charge in [0.05, 0.1) is 17.5 Å². The summed E-state index contributed by atoms with van der Waals surface area (Å²) in [7, 11) is 1.62. The summed E-state index contributed by atoms with van der Waals surface area (Å²) in [6.45, 7) is 6.60. The van der Waals surface area contributed by atoms with E-state index < -0.39 is 0 Å². The Morgan fingerprint density at radius 3 is 2.75 bits per heavy atom. The average molecular weight is 343 g/mol. The topological polar surface area (TPSA) is 50.4 Å². The minimum atomic E-state index is -0.0179. The van der Waals surface area contributed by atoms with Crippen LogP contribution in [-0.4, -0.2) is 26.1 Å². The van der Waals surface area contributed by atoms with Gasteiger partial charge in [-0.05, 0) is 46.1 Å². The molecule has 0 spiro atoms. The summed E-state index contributed by atoms with van der Waals surface area (Å²) in [5.41, 5.74) is 1.20. The highest BCUT2D eigenvalue weighted by Gasteiger charge is 2.04. The van der Waals surface area contributed by atoms with Gasteiger partial charge >= 0.3 is 0 Å². The van der Waals surface area contributed by atoms with E-state index in [1.807, 2.05) is 18.2 Å². The molecule has 20 heavy (non-hydrogen) atoms. The van der Waals surface area contributed by atoms with Gasteiger partial charge in [-0.25, -0.2) is 0 Å². The van der Waals surface area contributed by atoms with Gasteiger partial charge in [0.2, 0.25) is 5.91 Å². The summed E-state index contributed by atoms with van der Waals surface area (Å²) in [5.74, 6) is 1.39. The Bertz CT molecular complexity index is 436. The molecule has 0 atom stereocenters. The molecule has 0 aliphatic rings. The zero-order valence-electron chi connectivity index (χ0n) is 12.3. The molecule has 5 heteroatoms. The largest absolute Gasteiger partial charge is 0.492 e. The molecule has 0 radical (unpaired) electrons. The number of ether oxygens (including phenoxy) is 1. The fraction of sp³-hybridized carbons (Fsp3) is 0.533. The van der Waals surface area contributed by atoms with Crippen molar-refractivity contribution in [2.45, 2.75) is 26.8 Å². The molecular formula is C15H23BrN2O2. The Morgan fingerprint density at radius 2 is 2.15 bits per heavy atom. The smallest absolute Gasteiger partial charge is 0.223 e. The van der Waals surface area contributed by atoms with Gasteiger partial charge in [-0.1, -0.05) is 19.9 Å². The lowest BCUT2D eigenvalue weighted by Gasteiger charge is -2.11. The first-order chi connectivity index (χ1) is 9.52. The van der Waals surface area contributed by atoms with Crippen LogP contribution in [-0.2, 0) is 11.3 Å². The lowest BCUT2D eigenvalue weighted by molar-refractivity contribution is -0.121. The van der Waals surface area contributed by atoms with Crippen LogP contribution in [0.15, 0.2) is 22.7 Å². The molecule has 0 aliphatic heterocycles. The second-order valence-corrected chi connectivity index (χ2v) is 5.92. The Hall–Kier alpha value is -1.07. The van der Waals surface area contributed by atoms with Gasteiger partial charge in [0, 0.05) is 13.6 Å². The lowest BCUT2D eigenvalue weighted by atomic mass is 10.2. The molecule has 0 unspecified atom stereocenters. The van der Waals surface area contributed by atoms with Crippen LogP contribution in [0.25, 0.3) is 0 Å². The molecule has 0 heterocycles. The van der Waals surface area contributed by atoms with E-state index >= 15 is 0 Å². The predicted octanol–water partition coefficient (Wildman–Crippen LogP) is 2.71. The summed E-state index contributed by atoms with van der Waals surface area (Å²) in [4.78, 5) is 11.1. The molecule has 1 rings (SSSR count). The highest BCUT2D eigenvalue weighted by Crippen LogP contribution is 2.26. The second-order valence-electron chi connectivity index (χ2n) is 5.06. The van der Waals surface area contributed by atoms with E-state index in [-0.39, 0.29) is 5.91 Å². The van der Waals surface area contributed by atoms with Crippen molar-refractivity contribution >= 4 is 21.8 Å². The molecular weight excluding hydrogens is 320 g/mol. The third kappa shape index (κ3) is 6.39. The normalized spacial score (nSPS) is 10.7. The van der Waals surface area contributed by atoms with Crippen molar-refractivity contribution in [1.82, 2.24) is 10.6 Å². The maximum atomic E-state index is 11.1. The molecule has 0 fully saturated rings. The van der Waals surface area contributed by atoms with Crippen molar-refractivity contribution in [2.24, 2.45) is 5.92 Å². The van der Waals surface area contributed by atoms with Crippen molar-refractivity contribution in [3.05, 3.63) is 28.2 Å². The lowest BCUT2D eigenvalue weighted by Crippen LogP contribution is -2.20. The van der Waals surface area contributed by atoms with Crippen molar-refractivity contribution in [1.29, 1.82) is 0 Å². The van der Waals surface area contributed by atoms with Gasteiger partial charge in [-0.2, -0.15) is 0 Å². The Morgan fingerprint density at radius 1 is 1.40 bits per heavy atom. The van der Waals surface area contributed by atoms with Crippen LogP contribution in [0.2, 0.25) is 0 Å². The number of carbonyl (C=O) groups excluding carboxylic acids is 1. The quantitative estimate of drug-likeness (QED) is 0.763. The van der Waals surface area contributed by atoms with Gasteiger partial charge in [0.25, 0.3) is 0 Å². The zero-order valence-corrected chi connectivity index (χ0v) is 13.9. The number of hydrogen-bond acceptors (Lipinski definition) is 3. The maximum absolute atomic E-state index is 11.1. The first-order valence-corrected chi connectivity index (χ1v) is 7.64. The van der Waals surface area contributed by atoms with Crippen LogP contribution >= 0.6 is 15.9 Å². The Kier molecular flexibility index (Phi) is 7.62. The fourth-order valence-corrected chi connectivity index (χ4v) is 2.20. The molecule has 0 aromatic heterocycles. The second kappa shape index (κ2) is 8.97. The van der Waals surface area contributed by atoms with E-state index in [9.17, 15) is 4.79 Å². The van der Waals surface area contributed by atoms with Crippen molar-refractivity contribution in [3.63, 3.8) is 0 Å². The first-order valence-electron chi connectivity index (χ1n) is 6.85. The predicted molar refractivity (Wildman–Crippen MR) is 84.9 cm³/mol. The number of rotatable bonds is 8. The summed E-state index contributed by atoms with van der Waals surface area (Å²) in [6, 6.07) is 6.01. The molecule has 0 bridgehead atoms. The molecule has 0 aliphatic carbocycles. The summed E-state index contributed by atoms with van der Waals surface area (Å²) >= 11 is 3.50. The van der Waals surface area contributed by atoms with Crippen molar-refractivity contribution in [2.75, 3.05) is 20.2 Å². The van der Waals surface area contributed by atoms with Crippen LogP contribution in [0.3, 0.4) is 0 Å². The molecule has 0 saturated heterocycles. The minimum absolute atomic E-state index is 0.0179. The highest BCUT2D eigenvalue weighted by molar-refractivity contribution is 9.10. The standard InChI is InChI=1S/C15H23BrN2O2/c1-11(2)9-18-10-12-4-5-14(13(16)8-12)20-7-6-15(19)17-3/h4-5,8,11,18H,6-7,9-10H2,1-3H3,(H,17,19). The molecule has 4 nitrogen and oxygen atoms in total. The average Bonchev–Trinajstić information content (AvgIpc) is 2.40. The maximum Gasteiger partial charge on any atom is 0.223 e. The SMILES string of the molecule is CNC(=O)CCOc1ccc(CNCC(C)C)cc1Br. The Labute approximate surface area is 129 Å². The number of halogens is 1. The molecule has 1 aromatic carbocycles. The molecule has 2 N–H and O–H groups in total. The third-order valence-corrected chi connectivity index (χ3v) is 3.36. The molecule has 0 saturated carbocycles. The van der Waals surface area contributed by atoms with E-state index in [4.69, 9.17) is 4.74 Å². The van der Waals surface area contributed by atoms with Gasteiger partial charge in [-0.3, -0.25) is 4.79 Å². The van der Waals surface area contributed by atoms with Crippen LogP contribution in [0.1, 0.15) is 25.8 Å². The van der Waals surface area contributed by atoms with Crippen molar-refractivity contribution in [3.8, 4) is 5.75 Å². The Balaban J connectivity index is 2.44.